The standard InChI is InChI=1S/C24H28N2O4/c1-15(18-10-11-20(29-2)21(14-18)30-3)25-23(27)22-19-7-5-4-6-16(19)12-13-26(22)24(28)17-8-9-17/h4-7,10-11,14-15,17,22H,8-9,12-13H2,1-3H3,(H,25,27)/t15-,22+/m1/s1. The van der Waals surface area contributed by atoms with Crippen LogP contribution in [-0.4, -0.2) is 37.5 Å². The maximum atomic E-state index is 13.4. The van der Waals surface area contributed by atoms with Crippen LogP contribution < -0.4 is 14.8 Å². The Hall–Kier alpha value is -3.02. The maximum Gasteiger partial charge on any atom is 0.247 e. The summed E-state index contributed by atoms with van der Waals surface area (Å²) in [6.45, 7) is 2.51. The van der Waals surface area contributed by atoms with Crippen molar-refractivity contribution in [2.24, 2.45) is 5.92 Å². The van der Waals surface area contributed by atoms with E-state index in [1.165, 1.54) is 0 Å². The van der Waals surface area contributed by atoms with E-state index in [1.54, 1.807) is 19.1 Å². The largest absolute Gasteiger partial charge is 0.493 e. The summed E-state index contributed by atoms with van der Waals surface area (Å²) in [4.78, 5) is 28.1. The molecule has 1 aliphatic carbocycles. The highest BCUT2D eigenvalue weighted by Crippen LogP contribution is 2.37. The molecule has 30 heavy (non-hydrogen) atoms. The molecule has 2 amide bonds. The van der Waals surface area contributed by atoms with Crippen LogP contribution in [0.25, 0.3) is 0 Å². The smallest absolute Gasteiger partial charge is 0.247 e. The zero-order valence-corrected chi connectivity index (χ0v) is 17.7. The minimum Gasteiger partial charge on any atom is -0.493 e. The van der Waals surface area contributed by atoms with Crippen molar-refractivity contribution in [3.05, 3.63) is 59.2 Å². The van der Waals surface area contributed by atoms with Crippen LogP contribution in [0.1, 0.15) is 48.5 Å². The first-order valence-electron chi connectivity index (χ1n) is 10.4. The lowest BCUT2D eigenvalue weighted by Gasteiger charge is -2.37. The number of hydrogen-bond acceptors (Lipinski definition) is 4. The van der Waals surface area contributed by atoms with Gasteiger partial charge in [-0.15, -0.1) is 0 Å². The summed E-state index contributed by atoms with van der Waals surface area (Å²) >= 11 is 0. The van der Waals surface area contributed by atoms with Gasteiger partial charge in [0.2, 0.25) is 11.8 Å². The van der Waals surface area contributed by atoms with Crippen LogP contribution in [0, 0.1) is 5.92 Å². The number of hydrogen-bond donors (Lipinski definition) is 1. The van der Waals surface area contributed by atoms with Gasteiger partial charge < -0.3 is 19.7 Å². The normalized spacial score (nSPS) is 18.9. The summed E-state index contributed by atoms with van der Waals surface area (Å²) in [7, 11) is 3.18. The lowest BCUT2D eigenvalue weighted by molar-refractivity contribution is -0.142. The van der Waals surface area contributed by atoms with Crippen molar-refractivity contribution < 1.29 is 19.1 Å². The summed E-state index contributed by atoms with van der Waals surface area (Å²) in [5, 5.41) is 3.11. The Morgan fingerprint density at radius 2 is 1.80 bits per heavy atom. The molecule has 2 aromatic rings. The lowest BCUT2D eigenvalue weighted by Crippen LogP contribution is -2.48. The first-order chi connectivity index (χ1) is 14.5. The average Bonchev–Trinajstić information content (AvgIpc) is 3.62. The first kappa shape index (κ1) is 20.3. The summed E-state index contributed by atoms with van der Waals surface area (Å²) in [5.41, 5.74) is 2.97. The van der Waals surface area contributed by atoms with Crippen molar-refractivity contribution in [3.63, 3.8) is 0 Å². The number of rotatable bonds is 6. The molecular formula is C24H28N2O4. The van der Waals surface area contributed by atoms with Crippen molar-refractivity contribution in [2.75, 3.05) is 20.8 Å². The third-order valence-electron chi connectivity index (χ3n) is 6.01. The molecule has 0 spiro atoms. The number of methoxy groups -OCH3 is 2. The topological polar surface area (TPSA) is 67.9 Å². The number of carbonyl (C=O) groups is 2. The Balaban J connectivity index is 1.59. The van der Waals surface area contributed by atoms with Crippen LogP contribution in [0.5, 0.6) is 11.5 Å². The first-order valence-corrected chi connectivity index (χ1v) is 10.4. The van der Waals surface area contributed by atoms with Gasteiger partial charge in [0.1, 0.15) is 6.04 Å². The number of carbonyl (C=O) groups excluding carboxylic acids is 2. The monoisotopic (exact) mass is 408 g/mol. The molecule has 6 heteroatoms. The zero-order chi connectivity index (χ0) is 21.3. The van der Waals surface area contributed by atoms with Crippen molar-refractivity contribution in [3.8, 4) is 11.5 Å². The van der Waals surface area contributed by atoms with Gasteiger partial charge in [-0.2, -0.15) is 0 Å². The number of nitrogens with zero attached hydrogens (tertiary/aromatic N) is 1. The lowest BCUT2D eigenvalue weighted by atomic mass is 9.91. The van der Waals surface area contributed by atoms with Crippen LogP contribution in [0.4, 0.5) is 0 Å². The van der Waals surface area contributed by atoms with Crippen molar-refractivity contribution >= 4 is 11.8 Å². The highest BCUT2D eigenvalue weighted by atomic mass is 16.5. The fourth-order valence-electron chi connectivity index (χ4n) is 4.15. The third kappa shape index (κ3) is 3.86. The molecule has 0 unspecified atom stereocenters. The van der Waals surface area contributed by atoms with Crippen LogP contribution >= 0.6 is 0 Å². The number of amides is 2. The SMILES string of the molecule is COc1ccc([C@@H](C)NC(=O)[C@@H]2c3ccccc3CCN2C(=O)C2CC2)cc1OC. The Labute approximate surface area is 177 Å². The van der Waals surface area contributed by atoms with Gasteiger partial charge in [0.15, 0.2) is 11.5 Å². The highest BCUT2D eigenvalue weighted by Gasteiger charge is 2.41. The minimum atomic E-state index is -0.592. The quantitative estimate of drug-likeness (QED) is 0.795. The molecule has 6 nitrogen and oxygen atoms in total. The second-order valence-electron chi connectivity index (χ2n) is 8.00. The van der Waals surface area contributed by atoms with Crippen LogP contribution in [-0.2, 0) is 16.0 Å². The van der Waals surface area contributed by atoms with Crippen LogP contribution in [0.3, 0.4) is 0 Å². The van der Waals surface area contributed by atoms with Crippen molar-refractivity contribution in [1.29, 1.82) is 0 Å². The number of nitrogens with one attached hydrogen (secondary N) is 1. The van der Waals surface area contributed by atoms with E-state index in [2.05, 4.69) is 5.32 Å². The Kier molecular flexibility index (Phi) is 5.66. The summed E-state index contributed by atoms with van der Waals surface area (Å²) in [5.74, 6) is 1.28. The van der Waals surface area contributed by atoms with Crippen molar-refractivity contribution in [2.45, 2.75) is 38.3 Å². The molecule has 1 N–H and O–H groups in total. The summed E-state index contributed by atoms with van der Waals surface area (Å²) in [6, 6.07) is 12.7. The second kappa shape index (κ2) is 8.38. The van der Waals surface area contributed by atoms with Gasteiger partial charge in [0.05, 0.1) is 20.3 Å². The number of benzene rings is 2. The van der Waals surface area contributed by atoms with Gasteiger partial charge in [0.25, 0.3) is 0 Å². The summed E-state index contributed by atoms with van der Waals surface area (Å²) in [6.07, 6.45) is 2.63. The Morgan fingerprint density at radius 3 is 2.50 bits per heavy atom. The van der Waals surface area contributed by atoms with Crippen LogP contribution in [0.2, 0.25) is 0 Å². The van der Waals surface area contributed by atoms with Gasteiger partial charge in [0, 0.05) is 12.5 Å². The van der Waals surface area contributed by atoms with Gasteiger partial charge in [-0.25, -0.2) is 0 Å². The second-order valence-corrected chi connectivity index (χ2v) is 8.00. The molecule has 2 aliphatic rings. The van der Waals surface area contributed by atoms with Gasteiger partial charge >= 0.3 is 0 Å². The fourth-order valence-corrected chi connectivity index (χ4v) is 4.15. The van der Waals surface area contributed by atoms with E-state index in [0.29, 0.717) is 18.0 Å². The van der Waals surface area contributed by atoms with E-state index in [4.69, 9.17) is 9.47 Å². The van der Waals surface area contributed by atoms with E-state index in [9.17, 15) is 9.59 Å². The van der Waals surface area contributed by atoms with Gasteiger partial charge in [-0.1, -0.05) is 30.3 Å². The highest BCUT2D eigenvalue weighted by molar-refractivity contribution is 5.91. The molecule has 0 aromatic heterocycles. The van der Waals surface area contributed by atoms with Crippen molar-refractivity contribution in [1.82, 2.24) is 10.2 Å². The molecule has 1 fully saturated rings. The Bertz CT molecular complexity index is 954. The molecule has 2 atom stereocenters. The van der Waals surface area contributed by atoms with Gasteiger partial charge in [-0.05, 0) is 55.0 Å². The van der Waals surface area contributed by atoms with E-state index in [-0.39, 0.29) is 23.8 Å². The molecule has 2 aromatic carbocycles. The zero-order valence-electron chi connectivity index (χ0n) is 17.7. The third-order valence-corrected chi connectivity index (χ3v) is 6.01. The predicted octanol–water partition coefficient (Wildman–Crippen LogP) is 3.42. The number of ether oxygens (including phenoxy) is 2. The Morgan fingerprint density at radius 1 is 1.07 bits per heavy atom. The maximum absolute atomic E-state index is 13.4. The van der Waals surface area contributed by atoms with Gasteiger partial charge in [-0.3, -0.25) is 9.59 Å². The molecule has 1 saturated carbocycles. The molecule has 1 aliphatic heterocycles. The average molecular weight is 408 g/mol. The minimum absolute atomic E-state index is 0.0776. The molecular weight excluding hydrogens is 380 g/mol. The van der Waals surface area contributed by atoms with E-state index in [1.807, 2.05) is 49.4 Å². The van der Waals surface area contributed by atoms with E-state index >= 15 is 0 Å². The molecule has 1 heterocycles. The fraction of sp³-hybridized carbons (Fsp3) is 0.417. The predicted molar refractivity (Wildman–Crippen MR) is 113 cm³/mol. The molecule has 0 bridgehead atoms. The number of fused-ring (bicyclic) bond motifs is 1. The summed E-state index contributed by atoms with van der Waals surface area (Å²) < 4.78 is 10.7. The van der Waals surface area contributed by atoms with E-state index < -0.39 is 6.04 Å². The van der Waals surface area contributed by atoms with Crippen LogP contribution in [0.15, 0.2) is 42.5 Å². The van der Waals surface area contributed by atoms with E-state index in [0.717, 1.165) is 36.0 Å². The molecule has 0 radical (unpaired) electrons. The molecule has 0 saturated heterocycles. The molecule has 4 rings (SSSR count). The molecule has 158 valence electrons.